The predicted octanol–water partition coefficient (Wildman–Crippen LogP) is 5.96. The molecular weight excluding hydrogens is 485 g/mol. The van der Waals surface area contributed by atoms with E-state index in [-0.39, 0.29) is 11.5 Å². The summed E-state index contributed by atoms with van der Waals surface area (Å²) in [4.78, 5) is 12.9. The van der Waals surface area contributed by atoms with Crippen LogP contribution in [0.5, 0.6) is 5.75 Å². The molecule has 5 aromatic rings. The van der Waals surface area contributed by atoms with Crippen LogP contribution in [-0.2, 0) is 5.75 Å². The molecule has 0 unspecified atom stereocenters. The number of benzene rings is 3. The van der Waals surface area contributed by atoms with Gasteiger partial charge >= 0.3 is 0 Å². The van der Waals surface area contributed by atoms with Crippen LogP contribution in [-0.4, -0.2) is 32.5 Å². The maximum absolute atomic E-state index is 13.3. The zero-order valence-corrected chi connectivity index (χ0v) is 20.3. The molecule has 1 amide bonds. The summed E-state index contributed by atoms with van der Waals surface area (Å²) in [6.07, 6.45) is 1.59. The van der Waals surface area contributed by atoms with Crippen LogP contribution in [0, 0.1) is 5.82 Å². The van der Waals surface area contributed by atoms with Crippen molar-refractivity contribution in [1.82, 2.24) is 20.0 Å². The van der Waals surface area contributed by atoms with Crippen molar-refractivity contribution < 1.29 is 13.9 Å². The predicted molar refractivity (Wildman–Crippen MR) is 136 cm³/mol. The Labute approximate surface area is 209 Å². The first-order valence-corrected chi connectivity index (χ1v) is 12.6. The van der Waals surface area contributed by atoms with Crippen LogP contribution in [0.2, 0.25) is 0 Å². The number of nitrogens with zero attached hydrogens (tertiary/aromatic N) is 4. The molecule has 0 fully saturated rings. The van der Waals surface area contributed by atoms with Crippen LogP contribution in [0.15, 0.2) is 77.3 Å². The van der Waals surface area contributed by atoms with Crippen molar-refractivity contribution in [3.63, 3.8) is 0 Å². The second-order valence-corrected chi connectivity index (χ2v) is 9.65. The van der Waals surface area contributed by atoms with Crippen LogP contribution >= 0.6 is 23.1 Å². The molecule has 0 saturated heterocycles. The van der Waals surface area contributed by atoms with Crippen molar-refractivity contribution in [3.8, 4) is 11.4 Å². The molecule has 0 aliphatic rings. The summed E-state index contributed by atoms with van der Waals surface area (Å²) in [5.74, 6) is 0.246. The number of carbonyl (C=O) groups excluding carboxylic acids is 1. The number of hydrogen-bond donors (Lipinski definition) is 1. The molecule has 0 saturated carbocycles. The Morgan fingerprint density at radius 2 is 1.89 bits per heavy atom. The monoisotopic (exact) mass is 505 g/mol. The fourth-order valence-electron chi connectivity index (χ4n) is 3.54. The first-order valence-electron chi connectivity index (χ1n) is 10.8. The van der Waals surface area contributed by atoms with Crippen molar-refractivity contribution >= 4 is 44.9 Å². The molecule has 176 valence electrons. The van der Waals surface area contributed by atoms with E-state index < -0.39 is 5.91 Å². The Balaban J connectivity index is 1.29. The lowest BCUT2D eigenvalue weighted by molar-refractivity contribution is 0.101. The third-order valence-corrected chi connectivity index (χ3v) is 7.17. The highest BCUT2D eigenvalue weighted by Crippen LogP contribution is 2.31. The summed E-state index contributed by atoms with van der Waals surface area (Å²) in [7, 11) is 0. The molecule has 0 atom stereocenters. The molecular formula is C25H20FN5O2S2. The lowest BCUT2D eigenvalue weighted by Crippen LogP contribution is -2.14. The number of ether oxygens (including phenoxy) is 1. The van der Waals surface area contributed by atoms with E-state index in [0.717, 1.165) is 10.1 Å². The number of fused-ring (bicyclic) bond motifs is 1. The highest BCUT2D eigenvalue weighted by atomic mass is 32.2. The molecule has 10 heteroatoms. The maximum Gasteiger partial charge on any atom is 0.281 e. The van der Waals surface area contributed by atoms with Crippen LogP contribution in [0.4, 0.5) is 9.52 Å². The minimum atomic E-state index is -0.462. The van der Waals surface area contributed by atoms with Crippen molar-refractivity contribution in [2.75, 3.05) is 11.9 Å². The number of carbonyl (C=O) groups is 1. The Hall–Kier alpha value is -3.76. The van der Waals surface area contributed by atoms with Crippen molar-refractivity contribution in [2.24, 2.45) is 0 Å². The standard InChI is InChI=1S/C25H20FN5O2S2/c1-2-33-21-14-31(19-12-10-18(26)11-13-19)30-22(21)23(32)27-24-28-29-25(35-24)34-15-17-8-5-7-16-6-3-4-9-20(16)17/h3-14H,2,15H2,1H3,(H,27,28,32). The van der Waals surface area contributed by atoms with Gasteiger partial charge in [0.05, 0.1) is 18.5 Å². The number of halogens is 1. The van der Waals surface area contributed by atoms with Gasteiger partial charge in [-0.2, -0.15) is 5.10 Å². The van der Waals surface area contributed by atoms with Gasteiger partial charge in [-0.15, -0.1) is 10.2 Å². The van der Waals surface area contributed by atoms with E-state index >= 15 is 0 Å². The first kappa shape index (κ1) is 23.0. The normalized spacial score (nSPS) is 11.0. The maximum atomic E-state index is 13.3. The second-order valence-electron chi connectivity index (χ2n) is 7.45. The molecule has 35 heavy (non-hydrogen) atoms. The van der Waals surface area contributed by atoms with Gasteiger partial charge in [-0.3, -0.25) is 10.1 Å². The Bertz CT molecular complexity index is 1480. The highest BCUT2D eigenvalue weighted by molar-refractivity contribution is 8.00. The summed E-state index contributed by atoms with van der Waals surface area (Å²) < 4.78 is 21.1. The zero-order valence-electron chi connectivity index (χ0n) is 18.6. The Kier molecular flexibility index (Phi) is 6.73. The smallest absolute Gasteiger partial charge is 0.281 e. The van der Waals surface area contributed by atoms with E-state index in [2.05, 4.69) is 44.9 Å². The van der Waals surface area contributed by atoms with Gasteiger partial charge in [0.25, 0.3) is 5.91 Å². The van der Waals surface area contributed by atoms with Gasteiger partial charge in [0.2, 0.25) is 5.13 Å². The topological polar surface area (TPSA) is 81.9 Å². The summed E-state index contributed by atoms with van der Waals surface area (Å²) in [5.41, 5.74) is 1.92. The molecule has 7 nitrogen and oxygen atoms in total. The van der Waals surface area contributed by atoms with Gasteiger partial charge in [-0.1, -0.05) is 65.6 Å². The van der Waals surface area contributed by atoms with Gasteiger partial charge < -0.3 is 4.74 Å². The number of thioether (sulfide) groups is 1. The summed E-state index contributed by atoms with van der Waals surface area (Å²) in [5, 5.41) is 18.2. The van der Waals surface area contributed by atoms with E-state index in [4.69, 9.17) is 4.74 Å². The van der Waals surface area contributed by atoms with Crippen LogP contribution in [0.25, 0.3) is 16.5 Å². The molecule has 2 heterocycles. The number of rotatable bonds is 8. The summed E-state index contributed by atoms with van der Waals surface area (Å²) in [6, 6.07) is 20.3. The van der Waals surface area contributed by atoms with Crippen LogP contribution in [0.1, 0.15) is 23.0 Å². The number of amides is 1. The third-order valence-electron chi connectivity index (χ3n) is 5.14. The Morgan fingerprint density at radius 3 is 2.71 bits per heavy atom. The van der Waals surface area contributed by atoms with Gasteiger partial charge in [0.15, 0.2) is 15.8 Å². The van der Waals surface area contributed by atoms with Crippen molar-refractivity contribution in [2.45, 2.75) is 17.0 Å². The largest absolute Gasteiger partial charge is 0.490 e. The van der Waals surface area contributed by atoms with Gasteiger partial charge in [-0.25, -0.2) is 9.07 Å². The minimum Gasteiger partial charge on any atom is -0.490 e. The van der Waals surface area contributed by atoms with Crippen molar-refractivity contribution in [3.05, 3.63) is 90.0 Å². The van der Waals surface area contributed by atoms with Gasteiger partial charge in [0.1, 0.15) is 5.82 Å². The number of aromatic nitrogens is 4. The van der Waals surface area contributed by atoms with E-state index in [0.29, 0.717) is 23.2 Å². The SMILES string of the molecule is CCOc1cn(-c2ccc(F)cc2)nc1C(=O)Nc1nnc(SCc2cccc3ccccc23)s1. The minimum absolute atomic E-state index is 0.108. The van der Waals surface area contributed by atoms with Crippen LogP contribution in [0.3, 0.4) is 0 Å². The lowest BCUT2D eigenvalue weighted by atomic mass is 10.1. The number of nitrogens with one attached hydrogen (secondary N) is 1. The van der Waals surface area contributed by atoms with Gasteiger partial charge in [0, 0.05) is 5.75 Å². The highest BCUT2D eigenvalue weighted by Gasteiger charge is 2.20. The fourth-order valence-corrected chi connectivity index (χ4v) is 5.29. The number of anilines is 1. The summed E-state index contributed by atoms with van der Waals surface area (Å²) in [6.45, 7) is 2.18. The average Bonchev–Trinajstić information content (AvgIpc) is 3.50. The average molecular weight is 506 g/mol. The van der Waals surface area contributed by atoms with Crippen LogP contribution < -0.4 is 10.1 Å². The molecule has 0 radical (unpaired) electrons. The molecule has 5 rings (SSSR count). The fraction of sp³-hybridized carbons (Fsp3) is 0.120. The summed E-state index contributed by atoms with van der Waals surface area (Å²) >= 11 is 2.86. The third kappa shape index (κ3) is 5.18. The first-order chi connectivity index (χ1) is 17.1. The van der Waals surface area contributed by atoms with Gasteiger partial charge in [-0.05, 0) is 47.5 Å². The van der Waals surface area contributed by atoms with E-state index in [1.54, 1.807) is 30.1 Å². The quantitative estimate of drug-likeness (QED) is 0.207. The van der Waals surface area contributed by atoms with E-state index in [1.165, 1.54) is 44.5 Å². The lowest BCUT2D eigenvalue weighted by Gasteiger charge is -2.04. The molecule has 0 aliphatic carbocycles. The molecule has 0 spiro atoms. The molecule has 0 aliphatic heterocycles. The molecule has 3 aromatic carbocycles. The van der Waals surface area contributed by atoms with Crippen molar-refractivity contribution in [1.29, 1.82) is 0 Å². The second kappa shape index (κ2) is 10.2. The zero-order chi connectivity index (χ0) is 24.2. The molecule has 1 N–H and O–H groups in total. The number of hydrogen-bond acceptors (Lipinski definition) is 7. The molecule has 2 aromatic heterocycles. The van der Waals surface area contributed by atoms with E-state index in [9.17, 15) is 9.18 Å². The molecule has 0 bridgehead atoms. The van der Waals surface area contributed by atoms with E-state index in [1.807, 2.05) is 25.1 Å². The Morgan fingerprint density at radius 1 is 1.09 bits per heavy atom.